The van der Waals surface area contributed by atoms with Gasteiger partial charge in [-0.05, 0) is 57.5 Å². The minimum absolute atomic E-state index is 0.293. The molecule has 0 saturated carbocycles. The van der Waals surface area contributed by atoms with Gasteiger partial charge in [0, 0.05) is 19.6 Å². The van der Waals surface area contributed by atoms with E-state index >= 15 is 0 Å². The summed E-state index contributed by atoms with van der Waals surface area (Å²) >= 11 is 0. The van der Waals surface area contributed by atoms with Gasteiger partial charge in [0.25, 0.3) is 0 Å². The van der Waals surface area contributed by atoms with Crippen LogP contribution in [0, 0.1) is 5.82 Å². The van der Waals surface area contributed by atoms with Crippen molar-refractivity contribution in [2.75, 3.05) is 39.3 Å². The highest BCUT2D eigenvalue weighted by Crippen LogP contribution is 2.18. The van der Waals surface area contributed by atoms with Gasteiger partial charge in [0.15, 0.2) is 17.5 Å². The lowest BCUT2D eigenvalue weighted by molar-refractivity contribution is 0.232. The second-order valence-electron chi connectivity index (χ2n) is 6.22. The number of hydrogen-bond donors (Lipinski definition) is 2. The predicted octanol–water partition coefficient (Wildman–Crippen LogP) is 2.77. The largest absolute Gasteiger partial charge is 0.491 e. The summed E-state index contributed by atoms with van der Waals surface area (Å²) in [5.41, 5.74) is 0.828. The van der Waals surface area contributed by atoms with Crippen LogP contribution >= 0.6 is 0 Å². The fourth-order valence-electron chi connectivity index (χ4n) is 2.94. The van der Waals surface area contributed by atoms with Gasteiger partial charge >= 0.3 is 0 Å². The summed E-state index contributed by atoms with van der Waals surface area (Å²) in [4.78, 5) is 7.04. The number of nitrogens with one attached hydrogen (secondary N) is 2. The Hall–Kier alpha value is -1.82. The van der Waals surface area contributed by atoms with Gasteiger partial charge in [-0.15, -0.1) is 0 Å². The number of piperidine rings is 1. The van der Waals surface area contributed by atoms with E-state index in [1.807, 2.05) is 19.9 Å². The number of rotatable bonds is 8. The molecule has 0 unspecified atom stereocenters. The van der Waals surface area contributed by atoms with E-state index in [0.717, 1.165) is 31.2 Å². The highest BCUT2D eigenvalue weighted by molar-refractivity contribution is 5.79. The summed E-state index contributed by atoms with van der Waals surface area (Å²) in [5.74, 6) is 0.730. The van der Waals surface area contributed by atoms with Crippen molar-refractivity contribution in [3.63, 3.8) is 0 Å². The van der Waals surface area contributed by atoms with E-state index in [1.165, 1.54) is 38.4 Å². The summed E-state index contributed by atoms with van der Waals surface area (Å²) in [6.45, 7) is 9.86. The molecule has 0 aliphatic carbocycles. The fourth-order valence-corrected chi connectivity index (χ4v) is 2.94. The van der Waals surface area contributed by atoms with Gasteiger partial charge in [-0.1, -0.05) is 12.5 Å². The molecule has 1 saturated heterocycles. The van der Waals surface area contributed by atoms with Crippen molar-refractivity contribution >= 4 is 5.96 Å². The van der Waals surface area contributed by atoms with E-state index in [2.05, 4.69) is 20.5 Å². The van der Waals surface area contributed by atoms with Crippen LogP contribution in [0.3, 0.4) is 0 Å². The second-order valence-corrected chi connectivity index (χ2v) is 6.22. The van der Waals surface area contributed by atoms with Crippen molar-refractivity contribution in [3.05, 3.63) is 29.6 Å². The van der Waals surface area contributed by atoms with Crippen LogP contribution in [0.4, 0.5) is 4.39 Å². The van der Waals surface area contributed by atoms with Gasteiger partial charge in [0.05, 0.1) is 13.2 Å². The van der Waals surface area contributed by atoms with Crippen molar-refractivity contribution in [2.24, 2.45) is 4.99 Å². The lowest BCUT2D eigenvalue weighted by atomic mass is 10.1. The lowest BCUT2D eigenvalue weighted by Gasteiger charge is -2.26. The normalized spacial score (nSPS) is 15.9. The monoisotopic (exact) mass is 350 g/mol. The maximum atomic E-state index is 13.9. The van der Waals surface area contributed by atoms with Crippen molar-refractivity contribution in [2.45, 2.75) is 39.7 Å². The third-order valence-electron chi connectivity index (χ3n) is 4.23. The molecule has 1 aromatic rings. The molecule has 0 atom stereocenters. The lowest BCUT2D eigenvalue weighted by Crippen LogP contribution is -2.42. The maximum Gasteiger partial charge on any atom is 0.191 e. The van der Waals surface area contributed by atoms with Crippen molar-refractivity contribution in [1.82, 2.24) is 15.5 Å². The average molecular weight is 350 g/mol. The Labute approximate surface area is 150 Å². The third-order valence-corrected chi connectivity index (χ3v) is 4.23. The van der Waals surface area contributed by atoms with Gasteiger partial charge in [0.1, 0.15) is 0 Å². The second kappa shape index (κ2) is 10.9. The first-order chi connectivity index (χ1) is 12.2. The summed E-state index contributed by atoms with van der Waals surface area (Å²) < 4.78 is 19.1. The molecule has 1 aliphatic rings. The molecule has 0 amide bonds. The Morgan fingerprint density at radius 2 is 2.00 bits per heavy atom. The van der Waals surface area contributed by atoms with E-state index in [4.69, 9.17) is 4.74 Å². The minimum Gasteiger partial charge on any atom is -0.491 e. The molecule has 140 valence electrons. The van der Waals surface area contributed by atoms with E-state index in [0.29, 0.717) is 18.9 Å². The molecule has 1 fully saturated rings. The van der Waals surface area contributed by atoms with E-state index in [-0.39, 0.29) is 5.82 Å². The van der Waals surface area contributed by atoms with Crippen LogP contribution in [0.2, 0.25) is 0 Å². The fraction of sp³-hybridized carbons (Fsp3) is 0.632. The molecule has 25 heavy (non-hydrogen) atoms. The van der Waals surface area contributed by atoms with Gasteiger partial charge in [-0.3, -0.25) is 0 Å². The zero-order valence-electron chi connectivity index (χ0n) is 15.5. The molecule has 0 spiro atoms. The van der Waals surface area contributed by atoms with Gasteiger partial charge in [-0.25, -0.2) is 9.38 Å². The first kappa shape index (κ1) is 19.5. The molecular formula is C19H31FN4O. The van der Waals surface area contributed by atoms with Gasteiger partial charge in [0.2, 0.25) is 0 Å². The van der Waals surface area contributed by atoms with Crippen LogP contribution < -0.4 is 15.4 Å². The molecule has 1 aromatic carbocycles. The SMILES string of the molecule is CCNC(=NCc1ccc(OCC)c(F)c1)NCCN1CCCCC1. The highest BCUT2D eigenvalue weighted by atomic mass is 19.1. The molecule has 2 N–H and O–H groups in total. The Morgan fingerprint density at radius 3 is 2.68 bits per heavy atom. The Kier molecular flexibility index (Phi) is 8.52. The molecule has 0 aromatic heterocycles. The summed E-state index contributed by atoms with van der Waals surface area (Å²) in [5, 5.41) is 6.60. The topological polar surface area (TPSA) is 48.9 Å². The van der Waals surface area contributed by atoms with Crippen molar-refractivity contribution < 1.29 is 9.13 Å². The van der Waals surface area contributed by atoms with Gasteiger partial charge < -0.3 is 20.3 Å². The molecule has 0 radical (unpaired) electrons. The van der Waals surface area contributed by atoms with Gasteiger partial charge in [-0.2, -0.15) is 0 Å². The third kappa shape index (κ3) is 6.90. The number of halogens is 1. The highest BCUT2D eigenvalue weighted by Gasteiger charge is 2.09. The quantitative estimate of drug-likeness (QED) is 0.559. The predicted molar refractivity (Wildman–Crippen MR) is 101 cm³/mol. The number of nitrogens with zero attached hydrogens (tertiary/aromatic N) is 2. The summed E-state index contributed by atoms with van der Waals surface area (Å²) in [6.07, 6.45) is 3.96. The molecular weight excluding hydrogens is 319 g/mol. The zero-order chi connectivity index (χ0) is 17.9. The Bertz CT molecular complexity index is 544. The zero-order valence-corrected chi connectivity index (χ0v) is 15.5. The molecule has 5 nitrogen and oxygen atoms in total. The van der Waals surface area contributed by atoms with Crippen LogP contribution in [-0.2, 0) is 6.54 Å². The smallest absolute Gasteiger partial charge is 0.191 e. The van der Waals surface area contributed by atoms with E-state index in [1.54, 1.807) is 6.07 Å². The molecule has 1 aliphatic heterocycles. The van der Waals surface area contributed by atoms with Crippen LogP contribution in [-0.4, -0.2) is 50.2 Å². The first-order valence-electron chi connectivity index (χ1n) is 9.38. The summed E-state index contributed by atoms with van der Waals surface area (Å²) in [7, 11) is 0. The van der Waals surface area contributed by atoms with Crippen LogP contribution in [0.15, 0.2) is 23.2 Å². The van der Waals surface area contributed by atoms with Crippen molar-refractivity contribution in [1.29, 1.82) is 0 Å². The number of likely N-dealkylation sites (tertiary alicyclic amines) is 1. The Morgan fingerprint density at radius 1 is 1.20 bits per heavy atom. The molecule has 1 heterocycles. The summed E-state index contributed by atoms with van der Waals surface area (Å²) in [6, 6.07) is 5.01. The number of hydrogen-bond acceptors (Lipinski definition) is 3. The van der Waals surface area contributed by atoms with Crippen LogP contribution in [0.1, 0.15) is 38.7 Å². The van der Waals surface area contributed by atoms with Crippen LogP contribution in [0.25, 0.3) is 0 Å². The first-order valence-corrected chi connectivity index (χ1v) is 9.38. The maximum absolute atomic E-state index is 13.9. The van der Waals surface area contributed by atoms with E-state index in [9.17, 15) is 4.39 Å². The number of ether oxygens (including phenoxy) is 1. The van der Waals surface area contributed by atoms with Crippen LogP contribution in [0.5, 0.6) is 5.75 Å². The van der Waals surface area contributed by atoms with Crippen molar-refractivity contribution in [3.8, 4) is 5.75 Å². The Balaban J connectivity index is 1.84. The standard InChI is InChI=1S/C19H31FN4O/c1-3-21-19(22-10-13-24-11-6-5-7-12-24)23-15-16-8-9-18(25-4-2)17(20)14-16/h8-9,14H,3-7,10-13,15H2,1-2H3,(H2,21,22,23). The minimum atomic E-state index is -0.336. The number of guanidine groups is 1. The molecule has 0 bridgehead atoms. The average Bonchev–Trinajstić information content (AvgIpc) is 2.63. The van der Waals surface area contributed by atoms with E-state index < -0.39 is 0 Å². The molecule has 2 rings (SSSR count). The number of aliphatic imine (C=N–C) groups is 1. The number of benzene rings is 1. The molecule has 6 heteroatoms.